The smallest absolute Gasteiger partial charge is 0.326 e. The topological polar surface area (TPSA) is 386 Å². The summed E-state index contributed by atoms with van der Waals surface area (Å²) in [5.74, 6) is -9.06. The van der Waals surface area contributed by atoms with E-state index in [2.05, 4.69) is 46.9 Å². The van der Waals surface area contributed by atoms with Crippen LogP contribution >= 0.6 is 0 Å². The number of nitrogens with two attached hydrogens (primary N) is 3. The minimum absolute atomic E-state index is 0.0184. The van der Waals surface area contributed by atoms with Crippen LogP contribution in [0.1, 0.15) is 56.4 Å². The van der Waals surface area contributed by atoms with Gasteiger partial charge in [0.05, 0.1) is 25.2 Å². The molecule has 24 heteroatoms. The molecule has 0 radical (unpaired) electrons. The summed E-state index contributed by atoms with van der Waals surface area (Å²) in [5.41, 5.74) is 18.9. The Hall–Kier alpha value is -7.47. The number of carbonyl (C=O) groups is 9. The molecule has 23 nitrogen and oxygen atoms in total. The first-order valence-electron chi connectivity index (χ1n) is 21.9. The van der Waals surface area contributed by atoms with Crippen LogP contribution in [0.25, 0.3) is 10.9 Å². The lowest BCUT2D eigenvalue weighted by Crippen LogP contribution is -2.61. The summed E-state index contributed by atoms with van der Waals surface area (Å²) >= 11 is 0. The Morgan fingerprint density at radius 2 is 1.17 bits per heavy atom. The van der Waals surface area contributed by atoms with Gasteiger partial charge in [-0.15, -0.1) is 0 Å². The lowest BCUT2D eigenvalue weighted by atomic mass is 10.00. The average Bonchev–Trinajstić information content (AvgIpc) is 3.96. The molecular weight excluding hydrogens is 917 g/mol. The third-order valence-electron chi connectivity index (χ3n) is 10.7. The number of carboxylic acids is 1. The number of fused-ring (bicyclic) bond motifs is 1. The van der Waals surface area contributed by atoms with Gasteiger partial charge in [0, 0.05) is 71.1 Å². The number of nitrogens with one attached hydrogen (secondary N) is 8. The molecule has 8 amide bonds. The van der Waals surface area contributed by atoms with Crippen molar-refractivity contribution in [2.75, 3.05) is 12.0 Å². The van der Waals surface area contributed by atoms with E-state index in [-0.39, 0.29) is 43.8 Å². The van der Waals surface area contributed by atoms with Crippen LogP contribution in [0.3, 0.4) is 0 Å². The minimum atomic E-state index is -1.72. The van der Waals surface area contributed by atoms with Gasteiger partial charge in [-0.3, -0.25) is 42.6 Å². The first kappa shape index (κ1) is 54.1. The molecule has 0 bridgehead atoms. The second-order valence-corrected chi connectivity index (χ2v) is 18.4. The van der Waals surface area contributed by atoms with Gasteiger partial charge in [0.2, 0.25) is 47.3 Å². The van der Waals surface area contributed by atoms with Crippen LogP contribution in [0.4, 0.5) is 0 Å². The molecule has 8 atom stereocenters. The highest BCUT2D eigenvalue weighted by molar-refractivity contribution is 7.84. The number of benzene rings is 2. The Kier molecular flexibility index (Phi) is 20.5. The number of rotatable bonds is 28. The van der Waals surface area contributed by atoms with E-state index < -0.39 is 119 Å². The van der Waals surface area contributed by atoms with Crippen molar-refractivity contribution >= 4 is 74.9 Å². The Balaban J connectivity index is 1.61. The Morgan fingerprint density at radius 3 is 1.75 bits per heavy atom. The number of amides is 8. The maximum atomic E-state index is 14.3. The van der Waals surface area contributed by atoms with Gasteiger partial charge in [-0.05, 0) is 36.0 Å². The molecule has 15 N–H and O–H groups in total. The van der Waals surface area contributed by atoms with Crippen molar-refractivity contribution in [2.45, 2.75) is 101 Å². The number of aromatic amines is 2. The predicted octanol–water partition coefficient (Wildman–Crippen LogP) is -2.19. The second-order valence-electron chi connectivity index (χ2n) is 16.9. The zero-order valence-corrected chi connectivity index (χ0v) is 39.1. The highest BCUT2D eigenvalue weighted by Gasteiger charge is 2.35. The van der Waals surface area contributed by atoms with Crippen LogP contribution in [0.5, 0.6) is 0 Å². The van der Waals surface area contributed by atoms with Gasteiger partial charge in [0.15, 0.2) is 0 Å². The largest absolute Gasteiger partial charge is 0.480 e. The number of para-hydroxylation sites is 1. The fourth-order valence-corrected chi connectivity index (χ4v) is 7.79. The lowest BCUT2D eigenvalue weighted by Gasteiger charge is -2.28. The molecule has 0 saturated carbocycles. The van der Waals surface area contributed by atoms with Crippen molar-refractivity contribution in [3.63, 3.8) is 0 Å². The Labute approximate surface area is 399 Å². The molecule has 0 fully saturated rings. The van der Waals surface area contributed by atoms with Crippen molar-refractivity contribution in [3.8, 4) is 0 Å². The van der Waals surface area contributed by atoms with Crippen molar-refractivity contribution < 1.29 is 52.5 Å². The number of hydrogen-bond donors (Lipinski definition) is 12. The summed E-state index contributed by atoms with van der Waals surface area (Å²) in [6.07, 6.45) is 3.84. The summed E-state index contributed by atoms with van der Waals surface area (Å²) in [5, 5.41) is 25.8. The third-order valence-corrected chi connectivity index (χ3v) is 11.5. The summed E-state index contributed by atoms with van der Waals surface area (Å²) in [6.45, 7) is 3.51. The number of H-pyrrole nitrogens is 2. The van der Waals surface area contributed by atoms with E-state index in [0.29, 0.717) is 27.7 Å². The molecule has 0 aliphatic heterocycles. The highest BCUT2D eigenvalue weighted by Crippen LogP contribution is 2.20. The van der Waals surface area contributed by atoms with Gasteiger partial charge >= 0.3 is 5.97 Å². The number of aromatic nitrogens is 3. The van der Waals surface area contributed by atoms with Crippen molar-refractivity contribution in [1.29, 1.82) is 0 Å². The molecule has 1 unspecified atom stereocenters. The molecule has 0 aliphatic carbocycles. The molecule has 372 valence electrons. The van der Waals surface area contributed by atoms with E-state index in [1.807, 2.05) is 0 Å². The highest BCUT2D eigenvalue weighted by atomic mass is 32.2. The Morgan fingerprint density at radius 1 is 0.652 bits per heavy atom. The molecule has 2 aromatic carbocycles. The summed E-state index contributed by atoms with van der Waals surface area (Å²) < 4.78 is 11.8. The molecule has 0 spiro atoms. The number of carboxylic acid groups (broad SMARTS) is 1. The molecule has 69 heavy (non-hydrogen) atoms. The monoisotopic (exact) mass is 976 g/mol. The summed E-state index contributed by atoms with van der Waals surface area (Å²) in [4.78, 5) is 129. The normalized spacial score (nSPS) is 14.7. The molecule has 0 aliphatic rings. The summed E-state index contributed by atoms with van der Waals surface area (Å²) in [7, 11) is -1.39. The van der Waals surface area contributed by atoms with E-state index in [4.69, 9.17) is 17.2 Å². The third kappa shape index (κ3) is 17.6. The van der Waals surface area contributed by atoms with E-state index >= 15 is 0 Å². The van der Waals surface area contributed by atoms with Crippen molar-refractivity contribution in [1.82, 2.24) is 46.9 Å². The van der Waals surface area contributed by atoms with Gasteiger partial charge in [-0.2, -0.15) is 0 Å². The predicted molar refractivity (Wildman–Crippen MR) is 252 cm³/mol. The van der Waals surface area contributed by atoms with Crippen molar-refractivity contribution in [3.05, 3.63) is 90.1 Å². The van der Waals surface area contributed by atoms with Gasteiger partial charge in [0.1, 0.15) is 36.3 Å². The number of hydrogen-bond acceptors (Lipinski definition) is 12. The second kappa shape index (κ2) is 26.2. The zero-order valence-electron chi connectivity index (χ0n) is 38.3. The van der Waals surface area contributed by atoms with Crippen LogP contribution in [-0.4, -0.2) is 132 Å². The van der Waals surface area contributed by atoms with Crippen LogP contribution in [0.15, 0.2) is 73.3 Å². The number of nitrogens with zero attached hydrogens (tertiary/aromatic N) is 1. The number of primary amides is 2. The van der Waals surface area contributed by atoms with E-state index in [9.17, 15) is 52.5 Å². The van der Waals surface area contributed by atoms with Crippen LogP contribution in [-0.2, 0) is 73.2 Å². The molecular formula is C45H60N12O11S. The van der Waals surface area contributed by atoms with E-state index in [1.54, 1.807) is 74.6 Å². The van der Waals surface area contributed by atoms with E-state index in [1.165, 1.54) is 18.8 Å². The molecule has 4 rings (SSSR count). The molecule has 4 aromatic rings. The van der Waals surface area contributed by atoms with E-state index in [0.717, 1.165) is 0 Å². The maximum absolute atomic E-state index is 14.3. The first-order valence-corrected chi connectivity index (χ1v) is 23.7. The first-order chi connectivity index (χ1) is 32.7. The minimum Gasteiger partial charge on any atom is -0.480 e. The zero-order chi connectivity index (χ0) is 50.8. The fourth-order valence-electron chi connectivity index (χ4n) is 7.22. The van der Waals surface area contributed by atoms with Crippen LogP contribution in [0.2, 0.25) is 0 Å². The SMILES string of the molecule is CC(C)C[C@H](NC(=O)[C@H](Cc1ccccc1)NC(=O)[C@H](Cc1cnc[nH]1)NC(=O)[C@@H](N)CC(N)=O)C(=O)N[C@@H](CC(N)=O)C(=O)N[C@@H](Cc1c[nH]c2ccccc12)C(=O)N[C@@H](CCS(C)=O)C(=O)O. The number of carbonyl (C=O) groups excluding carboxylic acids is 8. The number of imidazole rings is 1. The quantitative estimate of drug-likeness (QED) is 0.0288. The lowest BCUT2D eigenvalue weighted by molar-refractivity contribution is -0.142. The number of aliphatic carboxylic acids is 1. The van der Waals surface area contributed by atoms with Gasteiger partial charge in [-0.1, -0.05) is 62.4 Å². The average molecular weight is 977 g/mol. The van der Waals surface area contributed by atoms with Gasteiger partial charge < -0.3 is 64.2 Å². The van der Waals surface area contributed by atoms with Crippen LogP contribution in [0, 0.1) is 5.92 Å². The fraction of sp³-hybridized carbons (Fsp3) is 0.422. The summed E-state index contributed by atoms with van der Waals surface area (Å²) in [6, 6.07) is 5.45. The maximum Gasteiger partial charge on any atom is 0.326 e. The molecule has 0 saturated heterocycles. The van der Waals surface area contributed by atoms with Crippen LogP contribution < -0.4 is 49.1 Å². The Bertz CT molecular complexity index is 2470. The standard InChI is InChI=1S/C45H60N12O11S/c1-24(2)15-32(54-41(62)33(16-25-9-5-4-6-10-25)55-43(64)35(18-27-22-49-23-51-27)53-39(60)29(46)19-37(47)58)40(61)57-36(20-38(48)59)44(65)56-34(17-26-21-50-30-12-8-7-11-28(26)30)42(63)52-31(45(66)67)13-14-69(3)68/h4-12,21-24,29,31-36,50H,13-20,46H2,1-3H3,(H2,47,58)(H2,48,59)(H,49,51)(H,52,63)(H,53,60)(H,54,62)(H,55,64)(H,56,65)(H,57,61)(H,66,67)/t29-,31-,32-,33-,34-,35-,36-,69?/m0/s1. The molecule has 2 aromatic heterocycles. The van der Waals surface area contributed by atoms with Crippen molar-refractivity contribution in [2.24, 2.45) is 23.1 Å². The van der Waals surface area contributed by atoms with Gasteiger partial charge in [-0.25, -0.2) is 9.78 Å². The molecule has 2 heterocycles. The van der Waals surface area contributed by atoms with Gasteiger partial charge in [0.25, 0.3) is 0 Å².